The third kappa shape index (κ3) is 2.81. The summed E-state index contributed by atoms with van der Waals surface area (Å²) in [6.45, 7) is 0. The summed E-state index contributed by atoms with van der Waals surface area (Å²) in [5.41, 5.74) is 1.71. The molecule has 0 aliphatic heterocycles. The van der Waals surface area contributed by atoms with Crippen molar-refractivity contribution in [2.45, 2.75) is 0 Å². The lowest BCUT2D eigenvalue weighted by atomic mass is 10.2. The van der Waals surface area contributed by atoms with Crippen LogP contribution in [0.4, 0.5) is 11.4 Å². The van der Waals surface area contributed by atoms with Crippen LogP contribution in [0.1, 0.15) is 0 Å². The topological polar surface area (TPSA) is 64.1 Å². The number of benzene rings is 2. The van der Waals surface area contributed by atoms with Crippen molar-refractivity contribution in [3.05, 3.63) is 65.2 Å². The summed E-state index contributed by atoms with van der Waals surface area (Å²) in [5.74, 6) is 0.783. The lowest BCUT2D eigenvalue weighted by Crippen LogP contribution is -2.04. The first-order valence-electron chi connectivity index (χ1n) is 6.43. The normalized spacial score (nSPS) is 10.3. The van der Waals surface area contributed by atoms with Crippen LogP contribution < -0.4 is 15.7 Å². The first-order valence-corrected chi connectivity index (χ1v) is 6.43. The molecule has 5 nitrogen and oxygen atoms in total. The Balaban J connectivity index is 2.07. The molecule has 0 unspecified atom stereocenters. The summed E-state index contributed by atoms with van der Waals surface area (Å²) >= 11 is 0. The molecule has 0 aliphatic rings. The number of nitrogens with zero attached hydrogens (tertiary/aromatic N) is 2. The fraction of sp³-hybridized carbons (Fsp3) is 0.0625. The highest BCUT2D eigenvalue weighted by atomic mass is 16.5. The average Bonchev–Trinajstić information content (AvgIpc) is 2.67. The maximum atomic E-state index is 11.5. The number of fused-ring (bicyclic) bond motifs is 1. The molecular weight excluding hydrogens is 266 g/mol. The van der Waals surface area contributed by atoms with Crippen molar-refractivity contribution in [2.75, 3.05) is 12.4 Å². The number of hydrogen-bond acceptors (Lipinski definition) is 5. The molecule has 0 aliphatic carbocycles. The van der Waals surface area contributed by atoms with Crippen LogP contribution in [-0.4, -0.2) is 17.1 Å². The second-order valence-corrected chi connectivity index (χ2v) is 4.44. The Labute approximate surface area is 121 Å². The van der Waals surface area contributed by atoms with E-state index in [9.17, 15) is 4.79 Å². The van der Waals surface area contributed by atoms with E-state index in [1.165, 1.54) is 6.20 Å². The lowest BCUT2D eigenvalue weighted by molar-refractivity contribution is 0.415. The van der Waals surface area contributed by atoms with E-state index >= 15 is 0 Å². The minimum Gasteiger partial charge on any atom is -0.497 e. The van der Waals surface area contributed by atoms with Crippen LogP contribution in [0.3, 0.4) is 0 Å². The van der Waals surface area contributed by atoms with E-state index in [0.29, 0.717) is 5.52 Å². The highest BCUT2D eigenvalue weighted by Crippen LogP contribution is 2.24. The van der Waals surface area contributed by atoms with Crippen LogP contribution in [0.2, 0.25) is 0 Å². The molecule has 1 heterocycles. The summed E-state index contributed by atoms with van der Waals surface area (Å²) in [6.07, 6.45) is 1.50. The summed E-state index contributed by atoms with van der Waals surface area (Å²) in [5, 5.41) is 4.08. The molecule has 3 rings (SSSR count). The van der Waals surface area contributed by atoms with Crippen molar-refractivity contribution in [1.82, 2.24) is 9.97 Å². The number of hydrogen-bond donors (Lipinski definition) is 1. The molecule has 0 bridgehead atoms. The first-order chi connectivity index (χ1) is 10.3. The molecule has 104 valence electrons. The quantitative estimate of drug-likeness (QED) is 0.798. The minimum atomic E-state index is -0.506. The summed E-state index contributed by atoms with van der Waals surface area (Å²) in [7, 11) is 1.62. The van der Waals surface area contributed by atoms with Gasteiger partial charge < -0.3 is 10.1 Å². The fourth-order valence-electron chi connectivity index (χ4n) is 2.05. The van der Waals surface area contributed by atoms with Gasteiger partial charge in [-0.1, -0.05) is 18.2 Å². The molecule has 1 N–H and O–H groups in total. The van der Waals surface area contributed by atoms with Crippen molar-refractivity contribution in [3.8, 4) is 5.75 Å². The second-order valence-electron chi connectivity index (χ2n) is 4.44. The number of methoxy groups -OCH3 is 1. The fourth-order valence-corrected chi connectivity index (χ4v) is 2.05. The third-order valence-electron chi connectivity index (χ3n) is 3.08. The highest BCUT2D eigenvalue weighted by Gasteiger charge is 2.03. The average molecular weight is 279 g/mol. The largest absolute Gasteiger partial charge is 0.497 e. The number of aromatic nitrogens is 2. The van der Waals surface area contributed by atoms with E-state index in [0.717, 1.165) is 22.5 Å². The zero-order valence-corrected chi connectivity index (χ0v) is 11.4. The van der Waals surface area contributed by atoms with E-state index < -0.39 is 5.69 Å². The van der Waals surface area contributed by atoms with E-state index in [4.69, 9.17) is 4.74 Å². The number of nitrogens with one attached hydrogen (secondary N) is 1. The number of anilines is 2. The van der Waals surface area contributed by atoms with Crippen LogP contribution >= 0.6 is 0 Å². The molecule has 0 atom stereocenters. The maximum absolute atomic E-state index is 11.5. The van der Waals surface area contributed by atoms with Crippen LogP contribution in [-0.2, 0) is 0 Å². The first kappa shape index (κ1) is 13.1. The molecule has 0 saturated heterocycles. The molecule has 21 heavy (non-hydrogen) atoms. The van der Waals surface area contributed by atoms with Gasteiger partial charge in [0.15, 0.2) is 0 Å². The molecule has 0 radical (unpaired) electrons. The molecule has 0 saturated carbocycles. The Morgan fingerprint density at radius 3 is 2.57 bits per heavy atom. The Morgan fingerprint density at radius 1 is 1.05 bits per heavy atom. The molecule has 0 amide bonds. The number of rotatable bonds is 3. The van der Waals surface area contributed by atoms with Gasteiger partial charge in [-0.25, -0.2) is 4.79 Å². The van der Waals surface area contributed by atoms with Crippen molar-refractivity contribution in [2.24, 2.45) is 0 Å². The Bertz CT molecular complexity index is 832. The number of para-hydroxylation sites is 1. The van der Waals surface area contributed by atoms with E-state index in [1.807, 2.05) is 42.5 Å². The molecule has 2 aromatic carbocycles. The summed E-state index contributed by atoms with van der Waals surface area (Å²) in [4.78, 5) is 19.2. The number of ether oxygens (including phenoxy) is 1. The van der Waals surface area contributed by atoms with Gasteiger partial charge in [-0.3, -0.25) is 0 Å². The second kappa shape index (κ2) is 5.58. The molecule has 1 aromatic heterocycles. The van der Waals surface area contributed by atoms with Crippen molar-refractivity contribution >= 4 is 22.3 Å². The third-order valence-corrected chi connectivity index (χ3v) is 3.08. The van der Waals surface area contributed by atoms with Crippen molar-refractivity contribution in [1.29, 1.82) is 0 Å². The lowest BCUT2D eigenvalue weighted by Gasteiger charge is -2.07. The molecule has 5 heteroatoms. The SMILES string of the molecule is COc1ccc(Nc2cnc(=O)nc3ccccc23)cc1. The van der Waals surface area contributed by atoms with Gasteiger partial charge in [0.05, 0.1) is 24.5 Å². The molecule has 3 aromatic rings. The van der Waals surface area contributed by atoms with Gasteiger partial charge in [0.1, 0.15) is 5.75 Å². The van der Waals surface area contributed by atoms with E-state index in [2.05, 4.69) is 15.3 Å². The minimum absolute atomic E-state index is 0.506. The maximum Gasteiger partial charge on any atom is 0.367 e. The summed E-state index contributed by atoms with van der Waals surface area (Å²) < 4.78 is 5.13. The highest BCUT2D eigenvalue weighted by molar-refractivity contribution is 5.91. The predicted molar refractivity (Wildman–Crippen MR) is 82.1 cm³/mol. The van der Waals surface area contributed by atoms with Crippen LogP contribution in [0.5, 0.6) is 5.75 Å². The van der Waals surface area contributed by atoms with Gasteiger partial charge in [-0.15, -0.1) is 0 Å². The Kier molecular flexibility index (Phi) is 3.47. The monoisotopic (exact) mass is 279 g/mol. The smallest absolute Gasteiger partial charge is 0.367 e. The zero-order valence-electron chi connectivity index (χ0n) is 11.4. The Morgan fingerprint density at radius 2 is 1.81 bits per heavy atom. The standard InChI is InChI=1S/C16H13N3O2/c1-21-12-8-6-11(7-9-12)18-15-10-17-16(20)19-14-5-3-2-4-13(14)15/h2-10,18H,1H3. The van der Waals surface area contributed by atoms with Crippen LogP contribution in [0.15, 0.2) is 59.5 Å². The molecular formula is C16H13N3O2. The van der Waals surface area contributed by atoms with Gasteiger partial charge in [0.25, 0.3) is 0 Å². The van der Waals surface area contributed by atoms with Gasteiger partial charge in [0, 0.05) is 11.1 Å². The van der Waals surface area contributed by atoms with E-state index in [-0.39, 0.29) is 0 Å². The van der Waals surface area contributed by atoms with Crippen LogP contribution in [0, 0.1) is 0 Å². The predicted octanol–water partition coefficient (Wildman–Crippen LogP) is 2.74. The Hall–Kier alpha value is -2.95. The van der Waals surface area contributed by atoms with Gasteiger partial charge >= 0.3 is 5.69 Å². The van der Waals surface area contributed by atoms with Gasteiger partial charge in [-0.2, -0.15) is 9.97 Å². The van der Waals surface area contributed by atoms with Crippen LogP contribution in [0.25, 0.3) is 10.9 Å². The zero-order chi connectivity index (χ0) is 14.7. The van der Waals surface area contributed by atoms with E-state index in [1.54, 1.807) is 13.2 Å². The molecule has 0 fully saturated rings. The van der Waals surface area contributed by atoms with Crippen molar-refractivity contribution < 1.29 is 4.74 Å². The summed E-state index contributed by atoms with van der Waals surface area (Å²) in [6, 6.07) is 14.9. The molecule has 0 spiro atoms. The van der Waals surface area contributed by atoms with Gasteiger partial charge in [-0.05, 0) is 30.3 Å². The van der Waals surface area contributed by atoms with Crippen molar-refractivity contribution in [3.63, 3.8) is 0 Å². The van der Waals surface area contributed by atoms with Gasteiger partial charge in [0.2, 0.25) is 0 Å².